The van der Waals surface area contributed by atoms with Crippen LogP contribution in [0.25, 0.3) is 0 Å². The Morgan fingerprint density at radius 3 is 2.79 bits per heavy atom. The van der Waals surface area contributed by atoms with Crippen molar-refractivity contribution >= 4 is 28.6 Å². The van der Waals surface area contributed by atoms with Gasteiger partial charge in [-0.3, -0.25) is 9.48 Å². The molecule has 1 N–H and O–H groups in total. The molecule has 0 unspecified atom stereocenters. The molecule has 126 valence electrons. The quantitative estimate of drug-likeness (QED) is 0.701. The number of carbonyl (C=O) groups is 1. The number of rotatable bonds is 7. The Balaban J connectivity index is 1.63. The molecule has 1 atom stereocenters. The second kappa shape index (κ2) is 7.72. The summed E-state index contributed by atoms with van der Waals surface area (Å²) < 4.78 is 1.80. The number of aromatic nitrogens is 3. The van der Waals surface area contributed by atoms with Crippen molar-refractivity contribution in [2.75, 3.05) is 0 Å². The topological polar surface area (TPSA) is 59.8 Å². The van der Waals surface area contributed by atoms with Gasteiger partial charge in [-0.25, -0.2) is 4.98 Å². The van der Waals surface area contributed by atoms with Gasteiger partial charge in [-0.1, -0.05) is 0 Å². The van der Waals surface area contributed by atoms with E-state index < -0.39 is 0 Å². The Hall–Kier alpha value is -1.99. The molecule has 0 aromatic carbocycles. The standard InChI is InChI=1S/C17H20N4OS2/c1-12-3-6-21(20-12)7-4-16(22)19-15(9-14-5-8-23-11-14)17-18-13(2)10-24-17/h3,5-6,8,10-11,15H,4,7,9H2,1-2H3,(H,19,22)/t15-/m1/s1. The lowest BCUT2D eigenvalue weighted by Crippen LogP contribution is -2.30. The molecule has 1 amide bonds. The van der Waals surface area contributed by atoms with Crippen LogP contribution in [0.15, 0.2) is 34.5 Å². The van der Waals surface area contributed by atoms with Crippen LogP contribution in [0.3, 0.4) is 0 Å². The van der Waals surface area contributed by atoms with Crippen LogP contribution < -0.4 is 5.32 Å². The average Bonchev–Trinajstić information content (AvgIpc) is 3.27. The predicted molar refractivity (Wildman–Crippen MR) is 97.3 cm³/mol. The fourth-order valence-electron chi connectivity index (χ4n) is 2.45. The van der Waals surface area contributed by atoms with E-state index in [9.17, 15) is 4.79 Å². The number of nitrogens with zero attached hydrogens (tertiary/aromatic N) is 3. The minimum Gasteiger partial charge on any atom is -0.346 e. The number of carbonyl (C=O) groups excluding carboxylic acids is 1. The Labute approximate surface area is 149 Å². The SMILES string of the molecule is Cc1csc([C@@H](Cc2ccsc2)NC(=O)CCn2ccc(C)n2)n1. The monoisotopic (exact) mass is 360 g/mol. The maximum atomic E-state index is 12.4. The lowest BCUT2D eigenvalue weighted by Gasteiger charge is -2.16. The molecule has 3 heterocycles. The van der Waals surface area contributed by atoms with E-state index in [0.717, 1.165) is 22.8 Å². The van der Waals surface area contributed by atoms with Crippen molar-refractivity contribution in [1.29, 1.82) is 0 Å². The largest absolute Gasteiger partial charge is 0.346 e. The summed E-state index contributed by atoms with van der Waals surface area (Å²) in [5.41, 5.74) is 3.18. The van der Waals surface area contributed by atoms with Gasteiger partial charge in [0, 0.05) is 36.7 Å². The fraction of sp³-hybridized carbons (Fsp3) is 0.353. The van der Waals surface area contributed by atoms with E-state index in [1.807, 2.05) is 31.5 Å². The predicted octanol–water partition coefficient (Wildman–Crippen LogP) is 3.51. The second-order valence-corrected chi connectivity index (χ2v) is 7.42. The van der Waals surface area contributed by atoms with Gasteiger partial charge >= 0.3 is 0 Å². The van der Waals surface area contributed by atoms with Gasteiger partial charge < -0.3 is 5.32 Å². The van der Waals surface area contributed by atoms with Crippen molar-refractivity contribution in [2.45, 2.75) is 39.3 Å². The molecule has 3 aromatic heterocycles. The van der Waals surface area contributed by atoms with Crippen LogP contribution >= 0.6 is 22.7 Å². The zero-order valence-corrected chi connectivity index (χ0v) is 15.4. The zero-order valence-electron chi connectivity index (χ0n) is 13.7. The maximum absolute atomic E-state index is 12.4. The number of nitrogens with one attached hydrogen (secondary N) is 1. The molecule has 7 heteroatoms. The first-order chi connectivity index (χ1) is 11.6. The number of hydrogen-bond acceptors (Lipinski definition) is 5. The molecular weight excluding hydrogens is 340 g/mol. The minimum atomic E-state index is -0.0786. The van der Waals surface area contributed by atoms with E-state index in [1.54, 1.807) is 27.4 Å². The average molecular weight is 361 g/mol. The lowest BCUT2D eigenvalue weighted by molar-refractivity contribution is -0.122. The van der Waals surface area contributed by atoms with Crippen LogP contribution in [0.2, 0.25) is 0 Å². The van der Waals surface area contributed by atoms with Gasteiger partial charge in [-0.05, 0) is 42.3 Å². The highest BCUT2D eigenvalue weighted by atomic mass is 32.1. The van der Waals surface area contributed by atoms with Crippen molar-refractivity contribution in [3.8, 4) is 0 Å². The molecule has 0 aliphatic carbocycles. The molecule has 0 spiro atoms. The van der Waals surface area contributed by atoms with E-state index in [4.69, 9.17) is 0 Å². The third kappa shape index (κ3) is 4.52. The van der Waals surface area contributed by atoms with Crippen LogP contribution in [0.4, 0.5) is 0 Å². The van der Waals surface area contributed by atoms with Gasteiger partial charge in [-0.2, -0.15) is 16.4 Å². The van der Waals surface area contributed by atoms with Gasteiger partial charge in [0.15, 0.2) is 0 Å². The van der Waals surface area contributed by atoms with Crippen LogP contribution in [0.5, 0.6) is 0 Å². The Morgan fingerprint density at radius 2 is 2.17 bits per heavy atom. The summed E-state index contributed by atoms with van der Waals surface area (Å²) in [6, 6.07) is 3.96. The summed E-state index contributed by atoms with van der Waals surface area (Å²) in [4.78, 5) is 16.9. The molecule has 0 fully saturated rings. The summed E-state index contributed by atoms with van der Waals surface area (Å²) in [6.07, 6.45) is 3.07. The van der Waals surface area contributed by atoms with Gasteiger partial charge in [0.05, 0.1) is 11.7 Å². The molecule has 0 saturated heterocycles. The highest BCUT2D eigenvalue weighted by Gasteiger charge is 2.18. The maximum Gasteiger partial charge on any atom is 0.222 e. The molecule has 3 rings (SSSR count). The van der Waals surface area contributed by atoms with Gasteiger partial charge in [0.2, 0.25) is 5.91 Å². The Kier molecular flexibility index (Phi) is 5.42. The van der Waals surface area contributed by atoms with Gasteiger partial charge in [-0.15, -0.1) is 11.3 Å². The Morgan fingerprint density at radius 1 is 1.29 bits per heavy atom. The van der Waals surface area contributed by atoms with Crippen molar-refractivity contribution in [3.05, 3.63) is 56.4 Å². The molecule has 0 aliphatic heterocycles. The van der Waals surface area contributed by atoms with Crippen molar-refractivity contribution in [3.63, 3.8) is 0 Å². The summed E-state index contributed by atoms with van der Waals surface area (Å²) in [6.45, 7) is 4.50. The first-order valence-corrected chi connectivity index (χ1v) is 9.65. The molecule has 0 radical (unpaired) electrons. The van der Waals surface area contributed by atoms with Crippen molar-refractivity contribution < 1.29 is 4.79 Å². The minimum absolute atomic E-state index is 0.0243. The summed E-state index contributed by atoms with van der Waals surface area (Å²) in [5, 5.41) is 14.6. The normalized spacial score (nSPS) is 12.2. The third-order valence-electron chi connectivity index (χ3n) is 3.63. The van der Waals surface area contributed by atoms with E-state index in [0.29, 0.717) is 13.0 Å². The fourth-order valence-corrected chi connectivity index (χ4v) is 3.98. The van der Waals surface area contributed by atoms with E-state index in [1.165, 1.54) is 5.56 Å². The van der Waals surface area contributed by atoms with Crippen LogP contribution in [-0.4, -0.2) is 20.7 Å². The summed E-state index contributed by atoms with van der Waals surface area (Å²) in [5.74, 6) is 0.0243. The van der Waals surface area contributed by atoms with Crippen LogP contribution in [-0.2, 0) is 17.8 Å². The molecule has 0 saturated carbocycles. The summed E-state index contributed by atoms with van der Waals surface area (Å²) >= 11 is 3.27. The summed E-state index contributed by atoms with van der Waals surface area (Å²) in [7, 11) is 0. The number of thiazole rings is 1. The molecule has 0 bridgehead atoms. The molecule has 24 heavy (non-hydrogen) atoms. The van der Waals surface area contributed by atoms with Crippen LogP contribution in [0, 0.1) is 13.8 Å². The number of hydrogen-bond donors (Lipinski definition) is 1. The highest BCUT2D eigenvalue weighted by molar-refractivity contribution is 7.09. The van der Waals surface area contributed by atoms with E-state index in [-0.39, 0.29) is 11.9 Å². The van der Waals surface area contributed by atoms with Crippen molar-refractivity contribution in [1.82, 2.24) is 20.1 Å². The van der Waals surface area contributed by atoms with E-state index in [2.05, 4.69) is 32.2 Å². The molecule has 0 aliphatic rings. The number of thiophene rings is 1. The van der Waals surface area contributed by atoms with Crippen molar-refractivity contribution in [2.24, 2.45) is 0 Å². The van der Waals surface area contributed by atoms with Gasteiger partial charge in [0.25, 0.3) is 0 Å². The zero-order chi connectivity index (χ0) is 16.9. The molecule has 3 aromatic rings. The highest BCUT2D eigenvalue weighted by Crippen LogP contribution is 2.23. The van der Waals surface area contributed by atoms with E-state index >= 15 is 0 Å². The number of amides is 1. The second-order valence-electron chi connectivity index (χ2n) is 5.75. The van der Waals surface area contributed by atoms with Crippen LogP contribution in [0.1, 0.15) is 34.4 Å². The smallest absolute Gasteiger partial charge is 0.222 e. The van der Waals surface area contributed by atoms with Gasteiger partial charge in [0.1, 0.15) is 5.01 Å². The first kappa shape index (κ1) is 16.9. The third-order valence-corrected chi connectivity index (χ3v) is 5.44. The Bertz CT molecular complexity index is 791. The molecular formula is C17H20N4OS2. The number of aryl methyl sites for hydroxylation is 3. The molecule has 5 nitrogen and oxygen atoms in total. The first-order valence-electron chi connectivity index (χ1n) is 7.82. The lowest BCUT2D eigenvalue weighted by atomic mass is 10.1.